The van der Waals surface area contributed by atoms with Gasteiger partial charge in [0.05, 0.1) is 0 Å². The van der Waals surface area contributed by atoms with Crippen LogP contribution >= 0.6 is 0 Å². The predicted molar refractivity (Wildman–Crippen MR) is 105 cm³/mol. The summed E-state index contributed by atoms with van der Waals surface area (Å²) in [6.07, 6.45) is 11.4. The Balaban J connectivity index is 2.63. The Labute approximate surface area is 144 Å². The second-order valence-corrected chi connectivity index (χ2v) is 21.6. The van der Waals surface area contributed by atoms with Crippen LogP contribution in [0.15, 0.2) is 12.2 Å². The molecule has 0 N–H and O–H groups in total. The van der Waals surface area contributed by atoms with Crippen molar-refractivity contribution in [3.8, 4) is 0 Å². The van der Waals surface area contributed by atoms with E-state index in [1.54, 1.807) is 18.9 Å². The van der Waals surface area contributed by atoms with E-state index in [9.17, 15) is 0 Å². The standard InChI is InChI=1S/C8H14N.3C4H9.Sn/c1-8(2)7-9-5-3-4-6-9;3*1-3-4-2;/h1-7H2;3*1,3-4H2,2H3;. The molecule has 0 amide bonds. The summed E-state index contributed by atoms with van der Waals surface area (Å²) >= 11 is -1.98. The zero-order valence-electron chi connectivity index (χ0n) is 15.8. The van der Waals surface area contributed by atoms with E-state index < -0.39 is 18.4 Å². The van der Waals surface area contributed by atoms with Crippen molar-refractivity contribution in [1.82, 2.24) is 4.90 Å². The third-order valence-electron chi connectivity index (χ3n) is 5.45. The van der Waals surface area contributed by atoms with Gasteiger partial charge in [-0.3, -0.25) is 0 Å². The summed E-state index contributed by atoms with van der Waals surface area (Å²) in [5.74, 6) is 0. The Hall–Kier alpha value is 0.499. The van der Waals surface area contributed by atoms with Crippen LogP contribution in [0.2, 0.25) is 17.7 Å². The average molecular weight is 414 g/mol. The molecule has 1 aliphatic rings. The molecule has 0 atom stereocenters. The number of unbranched alkanes of at least 4 members (excludes halogenated alkanes) is 3. The molecule has 0 saturated carbocycles. The van der Waals surface area contributed by atoms with Gasteiger partial charge in [0.15, 0.2) is 0 Å². The Bertz CT molecular complexity index is 272. The molecule has 1 heterocycles. The predicted octanol–water partition coefficient (Wildman–Crippen LogP) is 6.49. The van der Waals surface area contributed by atoms with Crippen LogP contribution in [0, 0.1) is 0 Å². The van der Waals surface area contributed by atoms with E-state index in [-0.39, 0.29) is 0 Å². The molecule has 1 fully saturated rings. The van der Waals surface area contributed by atoms with Gasteiger partial charge in [-0.05, 0) is 0 Å². The molecule has 130 valence electrons. The maximum atomic E-state index is 4.54. The molecule has 1 aliphatic heterocycles. The average Bonchev–Trinajstić information content (AvgIpc) is 3.01. The van der Waals surface area contributed by atoms with Gasteiger partial charge >= 0.3 is 145 Å². The number of hydrogen-bond donors (Lipinski definition) is 0. The summed E-state index contributed by atoms with van der Waals surface area (Å²) in [5.41, 5.74) is 1.60. The third kappa shape index (κ3) is 7.86. The topological polar surface area (TPSA) is 3.24 Å². The minimum atomic E-state index is -1.98. The van der Waals surface area contributed by atoms with Crippen molar-refractivity contribution < 1.29 is 0 Å². The SMILES string of the molecule is C=C(CN1CCCC1)[CH2][Sn]([CH2]CCC)([CH2]CCC)[CH2]CCC. The molecule has 0 bridgehead atoms. The molecule has 22 heavy (non-hydrogen) atoms. The number of nitrogens with zero attached hydrogens (tertiary/aromatic N) is 1. The second-order valence-electron chi connectivity index (χ2n) is 7.72. The monoisotopic (exact) mass is 415 g/mol. The zero-order valence-corrected chi connectivity index (χ0v) is 18.6. The Morgan fingerprint density at radius 1 is 0.864 bits per heavy atom. The van der Waals surface area contributed by atoms with Crippen LogP contribution in [0.25, 0.3) is 0 Å². The molecule has 0 unspecified atom stereocenters. The van der Waals surface area contributed by atoms with E-state index in [1.165, 1.54) is 75.4 Å². The van der Waals surface area contributed by atoms with Crippen molar-refractivity contribution in [3.63, 3.8) is 0 Å². The van der Waals surface area contributed by atoms with Crippen molar-refractivity contribution >= 4 is 18.4 Å². The fraction of sp³-hybridized carbons (Fsp3) is 0.900. The van der Waals surface area contributed by atoms with Gasteiger partial charge in [-0.1, -0.05) is 0 Å². The summed E-state index contributed by atoms with van der Waals surface area (Å²) in [5, 5.41) is 0. The molecule has 0 aromatic carbocycles. The molecule has 1 nitrogen and oxygen atoms in total. The van der Waals surface area contributed by atoms with Crippen molar-refractivity contribution in [1.29, 1.82) is 0 Å². The van der Waals surface area contributed by atoms with Gasteiger partial charge in [0.2, 0.25) is 0 Å². The van der Waals surface area contributed by atoms with Crippen LogP contribution in [0.4, 0.5) is 0 Å². The summed E-state index contributed by atoms with van der Waals surface area (Å²) in [6.45, 7) is 15.5. The molecule has 1 saturated heterocycles. The van der Waals surface area contributed by atoms with Crippen molar-refractivity contribution in [2.75, 3.05) is 19.6 Å². The molecular weight excluding hydrogens is 373 g/mol. The molecule has 0 aromatic heterocycles. The van der Waals surface area contributed by atoms with Crippen LogP contribution < -0.4 is 0 Å². The fourth-order valence-electron chi connectivity index (χ4n) is 4.14. The van der Waals surface area contributed by atoms with Crippen molar-refractivity contribution in [2.45, 2.75) is 89.9 Å². The molecule has 0 radical (unpaired) electrons. The summed E-state index contributed by atoms with van der Waals surface area (Å²) in [4.78, 5) is 2.65. The number of likely N-dealkylation sites (tertiary alicyclic amines) is 1. The first-order valence-corrected chi connectivity index (χ1v) is 18.1. The third-order valence-corrected chi connectivity index (χ3v) is 21.1. The molecular formula is C20H41NSn. The normalized spacial score (nSPS) is 16.3. The van der Waals surface area contributed by atoms with Gasteiger partial charge in [0.1, 0.15) is 0 Å². The van der Waals surface area contributed by atoms with Crippen molar-refractivity contribution in [3.05, 3.63) is 12.2 Å². The van der Waals surface area contributed by atoms with Crippen LogP contribution in [0.5, 0.6) is 0 Å². The second kappa shape index (κ2) is 11.9. The van der Waals surface area contributed by atoms with E-state index in [4.69, 9.17) is 0 Å². The van der Waals surface area contributed by atoms with E-state index in [0.29, 0.717) is 0 Å². The van der Waals surface area contributed by atoms with Gasteiger partial charge < -0.3 is 0 Å². The van der Waals surface area contributed by atoms with E-state index in [0.717, 1.165) is 0 Å². The van der Waals surface area contributed by atoms with Gasteiger partial charge in [-0.15, -0.1) is 0 Å². The van der Waals surface area contributed by atoms with E-state index >= 15 is 0 Å². The van der Waals surface area contributed by atoms with E-state index in [1.807, 2.05) is 0 Å². The first-order valence-electron chi connectivity index (χ1n) is 10.0. The van der Waals surface area contributed by atoms with Crippen LogP contribution in [-0.4, -0.2) is 42.9 Å². The summed E-state index contributed by atoms with van der Waals surface area (Å²) in [6, 6.07) is 0. The molecule has 0 aliphatic carbocycles. The van der Waals surface area contributed by atoms with E-state index in [2.05, 4.69) is 32.3 Å². The quantitative estimate of drug-likeness (QED) is 0.246. The van der Waals surface area contributed by atoms with Gasteiger partial charge in [0.25, 0.3) is 0 Å². The van der Waals surface area contributed by atoms with Gasteiger partial charge in [-0.25, -0.2) is 0 Å². The van der Waals surface area contributed by atoms with Crippen molar-refractivity contribution in [2.24, 2.45) is 0 Å². The molecule has 0 aromatic rings. The molecule has 1 rings (SSSR count). The molecule has 0 spiro atoms. The Kier molecular flexibility index (Phi) is 11.2. The minimum absolute atomic E-state index is 1.21. The van der Waals surface area contributed by atoms with Crippen LogP contribution in [0.1, 0.15) is 72.1 Å². The first-order chi connectivity index (χ1) is 10.7. The fourth-order valence-corrected chi connectivity index (χ4v) is 20.6. The first kappa shape index (κ1) is 20.5. The number of rotatable bonds is 13. The molecule has 2 heteroatoms. The van der Waals surface area contributed by atoms with Crippen LogP contribution in [0.3, 0.4) is 0 Å². The Morgan fingerprint density at radius 2 is 1.32 bits per heavy atom. The van der Waals surface area contributed by atoms with Gasteiger partial charge in [0, 0.05) is 0 Å². The van der Waals surface area contributed by atoms with Gasteiger partial charge in [-0.2, -0.15) is 0 Å². The Morgan fingerprint density at radius 3 is 1.73 bits per heavy atom. The summed E-state index contributed by atoms with van der Waals surface area (Å²) in [7, 11) is 0. The summed E-state index contributed by atoms with van der Waals surface area (Å²) < 4.78 is 6.38. The maximum absolute atomic E-state index is 4.54. The zero-order chi connectivity index (χ0) is 16.3. The number of hydrogen-bond acceptors (Lipinski definition) is 1. The van der Waals surface area contributed by atoms with Crippen LogP contribution in [-0.2, 0) is 0 Å².